The van der Waals surface area contributed by atoms with Crippen molar-refractivity contribution in [3.05, 3.63) is 70.7 Å². The molecule has 2 amide bonds. The van der Waals surface area contributed by atoms with Crippen LogP contribution in [0.25, 0.3) is 6.08 Å². The fraction of sp³-hybridized carbons (Fsp3) is 0.467. The highest BCUT2D eigenvalue weighted by molar-refractivity contribution is 6.43. The van der Waals surface area contributed by atoms with E-state index < -0.39 is 25.1 Å². The zero-order valence-electron chi connectivity index (χ0n) is 22.5. The number of allylic oxidation sites excluding steroid dienone is 1. The molecule has 2 fully saturated rings. The number of hydrogen-bond acceptors (Lipinski definition) is 7. The van der Waals surface area contributed by atoms with Gasteiger partial charge in [0, 0.05) is 6.54 Å². The molecule has 2 saturated heterocycles. The molecule has 3 heterocycles. The van der Waals surface area contributed by atoms with Crippen molar-refractivity contribution in [1.82, 2.24) is 4.90 Å². The molecule has 0 saturated carbocycles. The predicted molar refractivity (Wildman–Crippen MR) is 146 cm³/mol. The van der Waals surface area contributed by atoms with Gasteiger partial charge >= 0.3 is 7.12 Å². The molecule has 1 aromatic carbocycles. The molecule has 0 bridgehead atoms. The van der Waals surface area contributed by atoms with Crippen LogP contribution in [0.3, 0.4) is 0 Å². The van der Waals surface area contributed by atoms with E-state index in [9.17, 15) is 19.7 Å². The first-order chi connectivity index (χ1) is 18.9. The number of carbonyl (C=O) groups is 2. The fourth-order valence-corrected chi connectivity index (χ4v) is 6.32. The zero-order valence-corrected chi connectivity index (χ0v) is 22.5. The molecule has 1 aliphatic carbocycles. The minimum atomic E-state index is -1.01. The molecule has 2 aromatic rings. The predicted octanol–water partition coefficient (Wildman–Crippen LogP) is 4.24. The second-order valence-corrected chi connectivity index (χ2v) is 10.7. The van der Waals surface area contributed by atoms with E-state index in [4.69, 9.17) is 13.8 Å². The van der Waals surface area contributed by atoms with Gasteiger partial charge in [0.1, 0.15) is 30.5 Å². The average Bonchev–Trinajstić information content (AvgIpc) is 3.48. The van der Waals surface area contributed by atoms with Gasteiger partial charge in [-0.15, -0.1) is 0 Å². The number of likely N-dealkylation sites (tertiary alicyclic amines) is 1. The third kappa shape index (κ3) is 5.76. The SMILES string of the molecule is CCCN1C(=O)[C@@H]2[C@@H](CC(COc3ccccc3)=C3[C@@H](CC/C(C)=C/c4ccc(CO)o4)OB(O)C[C@@H]32)C1=O. The minimum absolute atomic E-state index is 0.111. The van der Waals surface area contributed by atoms with Crippen LogP contribution in [-0.4, -0.2) is 53.2 Å². The van der Waals surface area contributed by atoms with Crippen LogP contribution in [0, 0.1) is 17.8 Å². The monoisotopic (exact) mass is 533 g/mol. The first kappa shape index (κ1) is 27.4. The Labute approximate surface area is 229 Å². The second-order valence-electron chi connectivity index (χ2n) is 10.7. The molecule has 3 aliphatic rings. The van der Waals surface area contributed by atoms with Crippen molar-refractivity contribution in [1.29, 1.82) is 0 Å². The lowest BCUT2D eigenvalue weighted by Gasteiger charge is -2.43. The summed E-state index contributed by atoms with van der Waals surface area (Å²) in [6.45, 7) is 4.53. The highest BCUT2D eigenvalue weighted by Gasteiger charge is 2.57. The summed E-state index contributed by atoms with van der Waals surface area (Å²) in [7, 11) is -1.01. The number of ether oxygens (including phenoxy) is 1. The van der Waals surface area contributed by atoms with Crippen molar-refractivity contribution in [2.45, 2.75) is 58.6 Å². The largest absolute Gasteiger partial charge is 0.489 e. The van der Waals surface area contributed by atoms with E-state index in [0.717, 1.165) is 22.5 Å². The molecule has 2 N–H and O–H groups in total. The second kappa shape index (κ2) is 11.9. The quantitative estimate of drug-likeness (QED) is 0.267. The van der Waals surface area contributed by atoms with E-state index in [1.54, 1.807) is 6.07 Å². The zero-order chi connectivity index (χ0) is 27.5. The lowest BCUT2D eigenvalue weighted by molar-refractivity contribution is -0.140. The van der Waals surface area contributed by atoms with Crippen LogP contribution in [0.2, 0.25) is 6.32 Å². The van der Waals surface area contributed by atoms with Crippen LogP contribution in [0.15, 0.2) is 63.6 Å². The Morgan fingerprint density at radius 1 is 1.15 bits per heavy atom. The topological polar surface area (TPSA) is 109 Å². The maximum atomic E-state index is 13.5. The number of rotatable bonds is 10. The van der Waals surface area contributed by atoms with E-state index >= 15 is 0 Å². The van der Waals surface area contributed by atoms with Crippen LogP contribution in [-0.2, 0) is 20.9 Å². The van der Waals surface area contributed by atoms with Gasteiger partial charge in [-0.05, 0) is 86.3 Å². The van der Waals surface area contributed by atoms with Crippen molar-refractivity contribution in [2.24, 2.45) is 17.8 Å². The Hall–Kier alpha value is -3.14. The number of carbonyl (C=O) groups excluding carboxylic acids is 2. The standard InChI is InChI=1S/C30H36BNO7/c1-3-13-32-29(34)24-15-20(18-37-21-7-5-4-6-8-21)27-25(28(24)30(32)35)16-31(36)39-26(27)12-9-19(2)14-22-10-11-23(17-33)38-22/h4-8,10-11,14,24-26,28,33,36H,3,9,12-13,15-18H2,1-2H3/b19-14+/t24-,25+,26-,28-/m1/s1. The van der Waals surface area contributed by atoms with Gasteiger partial charge in [0.25, 0.3) is 0 Å². The molecule has 0 spiro atoms. The number of benzene rings is 1. The van der Waals surface area contributed by atoms with E-state index in [1.807, 2.05) is 56.3 Å². The molecule has 2 aliphatic heterocycles. The first-order valence-electron chi connectivity index (χ1n) is 13.8. The molecule has 8 nitrogen and oxygen atoms in total. The van der Waals surface area contributed by atoms with Gasteiger partial charge in [0.05, 0.1) is 17.9 Å². The van der Waals surface area contributed by atoms with Crippen LogP contribution in [0.4, 0.5) is 0 Å². The lowest BCUT2D eigenvalue weighted by Crippen LogP contribution is -2.46. The number of nitrogens with zero attached hydrogens (tertiary/aromatic N) is 1. The number of imide groups is 1. The molecule has 206 valence electrons. The summed E-state index contributed by atoms with van der Waals surface area (Å²) in [5.74, 6) is 0.496. The van der Waals surface area contributed by atoms with Crippen LogP contribution in [0.1, 0.15) is 51.1 Å². The van der Waals surface area contributed by atoms with Gasteiger partial charge in [-0.2, -0.15) is 0 Å². The van der Waals surface area contributed by atoms with Gasteiger partial charge in [-0.25, -0.2) is 0 Å². The fourth-order valence-electron chi connectivity index (χ4n) is 6.32. The Bertz CT molecular complexity index is 1250. The van der Waals surface area contributed by atoms with Crippen LogP contribution in [0.5, 0.6) is 5.75 Å². The Balaban J connectivity index is 1.43. The summed E-state index contributed by atoms with van der Waals surface area (Å²) in [5, 5.41) is 20.0. The number of aliphatic hydroxyl groups excluding tert-OH is 1. The van der Waals surface area contributed by atoms with E-state index in [-0.39, 0.29) is 30.7 Å². The third-order valence-corrected chi connectivity index (χ3v) is 8.03. The summed E-state index contributed by atoms with van der Waals surface area (Å²) >= 11 is 0. The van der Waals surface area contributed by atoms with Gasteiger partial charge in [0.2, 0.25) is 11.8 Å². The van der Waals surface area contributed by atoms with Gasteiger partial charge in [-0.3, -0.25) is 14.5 Å². The maximum Gasteiger partial charge on any atom is 0.455 e. The van der Waals surface area contributed by atoms with E-state index in [0.29, 0.717) is 50.4 Å². The van der Waals surface area contributed by atoms with Gasteiger partial charge in [0.15, 0.2) is 0 Å². The lowest BCUT2D eigenvalue weighted by atomic mass is 9.58. The van der Waals surface area contributed by atoms with E-state index in [2.05, 4.69) is 0 Å². The summed E-state index contributed by atoms with van der Waals surface area (Å²) in [4.78, 5) is 28.2. The normalized spacial score (nSPS) is 25.3. The van der Waals surface area contributed by atoms with Crippen molar-refractivity contribution in [2.75, 3.05) is 13.2 Å². The van der Waals surface area contributed by atoms with Crippen molar-refractivity contribution in [3.63, 3.8) is 0 Å². The van der Waals surface area contributed by atoms with Crippen LogP contribution < -0.4 is 4.74 Å². The number of hydrogen-bond donors (Lipinski definition) is 2. The maximum absolute atomic E-state index is 13.5. The Morgan fingerprint density at radius 3 is 2.67 bits per heavy atom. The molecule has 0 radical (unpaired) electrons. The highest BCUT2D eigenvalue weighted by Crippen LogP contribution is 2.50. The van der Waals surface area contributed by atoms with E-state index in [1.165, 1.54) is 4.90 Å². The molecule has 0 unspecified atom stereocenters. The molecular weight excluding hydrogens is 497 g/mol. The number of fused-ring (bicyclic) bond motifs is 3. The average molecular weight is 533 g/mol. The van der Waals surface area contributed by atoms with Gasteiger partial charge in [-0.1, -0.05) is 30.7 Å². The first-order valence-corrected chi connectivity index (χ1v) is 13.8. The summed E-state index contributed by atoms with van der Waals surface area (Å²) < 4.78 is 17.8. The van der Waals surface area contributed by atoms with Crippen molar-refractivity contribution < 1.29 is 33.5 Å². The van der Waals surface area contributed by atoms with Crippen molar-refractivity contribution >= 4 is 25.0 Å². The Morgan fingerprint density at radius 2 is 1.95 bits per heavy atom. The third-order valence-electron chi connectivity index (χ3n) is 8.03. The molecule has 1 aromatic heterocycles. The molecule has 39 heavy (non-hydrogen) atoms. The number of para-hydroxylation sites is 1. The summed E-state index contributed by atoms with van der Waals surface area (Å²) in [6.07, 6.45) is 4.26. The summed E-state index contributed by atoms with van der Waals surface area (Å²) in [5.41, 5.74) is 3.05. The van der Waals surface area contributed by atoms with Gasteiger partial charge < -0.3 is 23.9 Å². The molecule has 4 atom stereocenters. The highest BCUT2D eigenvalue weighted by atomic mass is 16.5. The molecular formula is C30H36BNO7. The number of amides is 2. The minimum Gasteiger partial charge on any atom is -0.489 e. The van der Waals surface area contributed by atoms with Crippen molar-refractivity contribution in [3.8, 4) is 5.75 Å². The molecule has 5 rings (SSSR count). The van der Waals surface area contributed by atoms with Crippen LogP contribution >= 0.6 is 0 Å². The number of aliphatic hydroxyl groups is 1. The Kier molecular flexibility index (Phi) is 8.40. The summed E-state index contributed by atoms with van der Waals surface area (Å²) in [6, 6.07) is 13.1. The smallest absolute Gasteiger partial charge is 0.455 e. The number of furan rings is 1. The molecule has 9 heteroatoms.